The molecule has 3 aromatic carbocycles. The largest absolute Gasteiger partial charge is 0.497 e. The first-order valence-corrected chi connectivity index (χ1v) is 12.7. The van der Waals surface area contributed by atoms with Crippen molar-refractivity contribution in [1.82, 2.24) is 9.97 Å². The van der Waals surface area contributed by atoms with E-state index in [0.29, 0.717) is 35.4 Å². The van der Waals surface area contributed by atoms with Crippen LogP contribution in [-0.4, -0.2) is 35.4 Å². The second kappa shape index (κ2) is 11.2. The van der Waals surface area contributed by atoms with Crippen LogP contribution in [0.3, 0.4) is 0 Å². The second-order valence-electron chi connectivity index (χ2n) is 9.48. The number of anilines is 6. The quantitative estimate of drug-likeness (QED) is 0.277. The van der Waals surface area contributed by atoms with Crippen LogP contribution in [0.1, 0.15) is 17.8 Å². The lowest BCUT2D eigenvalue weighted by Gasteiger charge is -2.17. The third-order valence-corrected chi connectivity index (χ3v) is 6.45. The first-order valence-electron chi connectivity index (χ1n) is 12.7. The van der Waals surface area contributed by atoms with Crippen LogP contribution < -0.4 is 25.6 Å². The number of carbonyl (C=O) groups excluding carboxylic acids is 2. The molecule has 0 radical (unpaired) electrons. The molecule has 1 atom stereocenters. The molecule has 1 aromatic heterocycles. The summed E-state index contributed by atoms with van der Waals surface area (Å²) in [6, 6.07) is 24.6. The molecule has 0 bridgehead atoms. The standard InChI is InChI=1S/C30H30N6O3/c1-19-7-9-22(10-8-19)33-27-17-28(32-20(2)31-27)34-23-11-13-24(14-12-23)35-30(38)21-15-29(37)36(18-21)25-5-4-6-26(16-25)39-3/h4-14,16-17,21H,15,18H2,1-3H3,(H,35,38)(H2,31,32,33,34). The Kier molecular flexibility index (Phi) is 7.40. The molecule has 0 saturated carbocycles. The molecule has 9 heteroatoms. The average Bonchev–Trinajstić information content (AvgIpc) is 3.32. The topological polar surface area (TPSA) is 108 Å². The predicted molar refractivity (Wildman–Crippen MR) is 153 cm³/mol. The minimum absolute atomic E-state index is 0.0840. The molecule has 1 fully saturated rings. The van der Waals surface area contributed by atoms with Crippen molar-refractivity contribution in [3.05, 3.63) is 90.3 Å². The molecule has 0 spiro atoms. The Morgan fingerprint density at radius 2 is 1.49 bits per heavy atom. The number of rotatable bonds is 8. The molecule has 2 amide bonds. The van der Waals surface area contributed by atoms with Crippen molar-refractivity contribution in [2.75, 3.05) is 34.5 Å². The van der Waals surface area contributed by atoms with E-state index < -0.39 is 5.92 Å². The number of ether oxygens (including phenoxy) is 1. The Morgan fingerprint density at radius 1 is 0.872 bits per heavy atom. The Balaban J connectivity index is 1.20. The highest BCUT2D eigenvalue weighted by molar-refractivity contribution is 6.03. The number of aromatic nitrogens is 2. The SMILES string of the molecule is COc1cccc(N2CC(C(=O)Nc3ccc(Nc4cc(Nc5ccc(C)cc5)nc(C)n4)cc3)CC2=O)c1. The summed E-state index contributed by atoms with van der Waals surface area (Å²) >= 11 is 0. The fourth-order valence-electron chi connectivity index (χ4n) is 4.42. The number of nitrogens with zero attached hydrogens (tertiary/aromatic N) is 3. The van der Waals surface area contributed by atoms with Crippen LogP contribution in [0.2, 0.25) is 0 Å². The average molecular weight is 523 g/mol. The van der Waals surface area contributed by atoms with E-state index in [9.17, 15) is 9.59 Å². The summed E-state index contributed by atoms with van der Waals surface area (Å²) in [5, 5.41) is 9.53. The van der Waals surface area contributed by atoms with Crippen molar-refractivity contribution in [2.24, 2.45) is 5.92 Å². The Labute approximate surface area is 227 Å². The summed E-state index contributed by atoms with van der Waals surface area (Å²) in [6.45, 7) is 4.21. The third kappa shape index (κ3) is 6.32. The zero-order valence-corrected chi connectivity index (χ0v) is 22.1. The summed E-state index contributed by atoms with van der Waals surface area (Å²) in [6.07, 6.45) is 0.161. The summed E-state index contributed by atoms with van der Waals surface area (Å²) in [4.78, 5) is 36.1. The monoisotopic (exact) mass is 522 g/mol. The summed E-state index contributed by atoms with van der Waals surface area (Å²) in [7, 11) is 1.58. The fraction of sp³-hybridized carbons (Fsp3) is 0.200. The zero-order valence-electron chi connectivity index (χ0n) is 22.1. The number of carbonyl (C=O) groups is 2. The molecule has 1 aliphatic heterocycles. The normalized spacial score (nSPS) is 14.7. The van der Waals surface area contributed by atoms with Gasteiger partial charge in [-0.3, -0.25) is 9.59 Å². The lowest BCUT2D eigenvalue weighted by molar-refractivity contribution is -0.122. The van der Waals surface area contributed by atoms with E-state index in [2.05, 4.69) is 25.9 Å². The Hall–Kier alpha value is -4.92. The Bertz CT molecular complexity index is 1490. The van der Waals surface area contributed by atoms with Gasteiger partial charge in [-0.15, -0.1) is 0 Å². The molecule has 1 saturated heterocycles. The van der Waals surface area contributed by atoms with E-state index in [0.717, 1.165) is 17.1 Å². The predicted octanol–water partition coefficient (Wildman–Crippen LogP) is 5.58. The van der Waals surface area contributed by atoms with Gasteiger partial charge in [-0.25, -0.2) is 9.97 Å². The lowest BCUT2D eigenvalue weighted by atomic mass is 10.1. The highest BCUT2D eigenvalue weighted by Crippen LogP contribution is 2.29. The number of amides is 2. The number of hydrogen-bond donors (Lipinski definition) is 3. The van der Waals surface area contributed by atoms with E-state index >= 15 is 0 Å². The molecular formula is C30H30N6O3. The fourth-order valence-corrected chi connectivity index (χ4v) is 4.42. The summed E-state index contributed by atoms with van der Waals surface area (Å²) in [5.74, 6) is 1.92. The van der Waals surface area contributed by atoms with Crippen LogP contribution in [0.4, 0.5) is 34.4 Å². The molecule has 198 valence electrons. The summed E-state index contributed by atoms with van der Waals surface area (Å²) in [5.41, 5.74) is 4.32. The van der Waals surface area contributed by atoms with Crippen molar-refractivity contribution in [1.29, 1.82) is 0 Å². The van der Waals surface area contributed by atoms with Gasteiger partial charge in [-0.1, -0.05) is 23.8 Å². The van der Waals surface area contributed by atoms with Gasteiger partial charge in [0.2, 0.25) is 11.8 Å². The van der Waals surface area contributed by atoms with Gasteiger partial charge in [0.05, 0.1) is 13.0 Å². The smallest absolute Gasteiger partial charge is 0.229 e. The molecule has 1 aliphatic rings. The van der Waals surface area contributed by atoms with Crippen molar-refractivity contribution >= 4 is 46.2 Å². The molecule has 1 unspecified atom stereocenters. The first kappa shape index (κ1) is 25.7. The molecule has 0 aliphatic carbocycles. The van der Waals surface area contributed by atoms with Crippen LogP contribution >= 0.6 is 0 Å². The number of methoxy groups -OCH3 is 1. The number of nitrogens with one attached hydrogen (secondary N) is 3. The first-order chi connectivity index (χ1) is 18.9. The molecule has 39 heavy (non-hydrogen) atoms. The molecule has 9 nitrogen and oxygen atoms in total. The molecule has 2 heterocycles. The van der Waals surface area contributed by atoms with Gasteiger partial charge in [-0.05, 0) is 62.4 Å². The van der Waals surface area contributed by atoms with Crippen molar-refractivity contribution in [2.45, 2.75) is 20.3 Å². The maximum absolute atomic E-state index is 12.9. The molecule has 4 aromatic rings. The maximum atomic E-state index is 12.9. The number of benzene rings is 3. The number of aryl methyl sites for hydroxylation is 2. The van der Waals surface area contributed by atoms with Crippen molar-refractivity contribution in [3.8, 4) is 5.75 Å². The van der Waals surface area contributed by atoms with Gasteiger partial charge in [0.15, 0.2) is 0 Å². The van der Waals surface area contributed by atoms with Crippen LogP contribution in [-0.2, 0) is 9.59 Å². The van der Waals surface area contributed by atoms with E-state index in [1.165, 1.54) is 5.56 Å². The lowest BCUT2D eigenvalue weighted by Crippen LogP contribution is -2.28. The van der Waals surface area contributed by atoms with Gasteiger partial charge in [-0.2, -0.15) is 0 Å². The van der Waals surface area contributed by atoms with Gasteiger partial charge in [0, 0.05) is 47.8 Å². The van der Waals surface area contributed by atoms with Gasteiger partial charge in [0.1, 0.15) is 23.2 Å². The van der Waals surface area contributed by atoms with Gasteiger partial charge < -0.3 is 25.6 Å². The van der Waals surface area contributed by atoms with Crippen molar-refractivity contribution in [3.63, 3.8) is 0 Å². The van der Waals surface area contributed by atoms with E-state index in [1.807, 2.05) is 86.6 Å². The van der Waals surface area contributed by atoms with Gasteiger partial charge >= 0.3 is 0 Å². The molecule has 5 rings (SSSR count). The molecule has 3 N–H and O–H groups in total. The van der Waals surface area contributed by atoms with Crippen LogP contribution in [0.25, 0.3) is 0 Å². The van der Waals surface area contributed by atoms with Crippen LogP contribution in [0, 0.1) is 19.8 Å². The van der Waals surface area contributed by atoms with Crippen molar-refractivity contribution < 1.29 is 14.3 Å². The van der Waals surface area contributed by atoms with E-state index in [1.54, 1.807) is 18.1 Å². The third-order valence-electron chi connectivity index (χ3n) is 6.45. The van der Waals surface area contributed by atoms with E-state index in [-0.39, 0.29) is 18.2 Å². The van der Waals surface area contributed by atoms with Crippen LogP contribution in [0.5, 0.6) is 5.75 Å². The van der Waals surface area contributed by atoms with Crippen LogP contribution in [0.15, 0.2) is 78.9 Å². The maximum Gasteiger partial charge on any atom is 0.229 e. The highest BCUT2D eigenvalue weighted by atomic mass is 16.5. The minimum Gasteiger partial charge on any atom is -0.497 e. The Morgan fingerprint density at radius 3 is 2.13 bits per heavy atom. The second-order valence-corrected chi connectivity index (χ2v) is 9.48. The van der Waals surface area contributed by atoms with E-state index in [4.69, 9.17) is 4.74 Å². The number of hydrogen-bond acceptors (Lipinski definition) is 7. The van der Waals surface area contributed by atoms with Gasteiger partial charge in [0.25, 0.3) is 0 Å². The molecular weight excluding hydrogens is 492 g/mol. The minimum atomic E-state index is -0.440. The highest BCUT2D eigenvalue weighted by Gasteiger charge is 2.35. The summed E-state index contributed by atoms with van der Waals surface area (Å²) < 4.78 is 5.26. The zero-order chi connectivity index (χ0) is 27.4.